The molecule has 0 saturated heterocycles. The van der Waals surface area contributed by atoms with Gasteiger partial charge in [0.2, 0.25) is 0 Å². The minimum Gasteiger partial charge on any atom is -0.497 e. The fourth-order valence-electron chi connectivity index (χ4n) is 1.90. The van der Waals surface area contributed by atoms with E-state index >= 15 is 0 Å². The normalized spacial score (nSPS) is 10.3. The first-order valence-corrected chi connectivity index (χ1v) is 6.22. The van der Waals surface area contributed by atoms with Crippen LogP contribution in [0.1, 0.15) is 11.3 Å². The first-order valence-electron chi connectivity index (χ1n) is 6.22. The number of aromatic nitrogens is 1. The summed E-state index contributed by atoms with van der Waals surface area (Å²) in [6.07, 6.45) is 1.85. The molecule has 2 N–H and O–H groups in total. The number of benzene rings is 1. The summed E-state index contributed by atoms with van der Waals surface area (Å²) in [5, 5.41) is 0. The van der Waals surface area contributed by atoms with Crippen molar-refractivity contribution in [2.75, 3.05) is 19.1 Å². The van der Waals surface area contributed by atoms with E-state index in [9.17, 15) is 0 Å². The standard InChI is InChI=1S/C15H19N3O/c1-18(14-7-6-13(9-16)17-10-14)11-12-4-3-5-15(8-12)19-2/h3-8,10H,9,11,16H2,1-2H3. The van der Waals surface area contributed by atoms with Crippen LogP contribution < -0.4 is 15.4 Å². The zero-order valence-corrected chi connectivity index (χ0v) is 11.3. The average Bonchev–Trinajstić information content (AvgIpc) is 2.47. The van der Waals surface area contributed by atoms with Crippen LogP contribution in [-0.4, -0.2) is 19.1 Å². The third-order valence-corrected chi connectivity index (χ3v) is 3.01. The van der Waals surface area contributed by atoms with Crippen LogP contribution in [0.4, 0.5) is 5.69 Å². The van der Waals surface area contributed by atoms with E-state index in [1.807, 2.05) is 43.6 Å². The van der Waals surface area contributed by atoms with Crippen LogP contribution >= 0.6 is 0 Å². The van der Waals surface area contributed by atoms with Crippen LogP contribution in [0.2, 0.25) is 0 Å². The number of anilines is 1. The predicted octanol–water partition coefficient (Wildman–Crippen LogP) is 2.19. The maximum absolute atomic E-state index is 5.54. The van der Waals surface area contributed by atoms with E-state index in [-0.39, 0.29) is 0 Å². The summed E-state index contributed by atoms with van der Waals surface area (Å²) in [6.45, 7) is 1.28. The van der Waals surface area contributed by atoms with Gasteiger partial charge in [-0.2, -0.15) is 0 Å². The Labute approximate surface area is 113 Å². The Bertz CT molecular complexity index is 525. The Balaban J connectivity index is 2.08. The topological polar surface area (TPSA) is 51.4 Å². The lowest BCUT2D eigenvalue weighted by molar-refractivity contribution is 0.414. The smallest absolute Gasteiger partial charge is 0.119 e. The maximum atomic E-state index is 5.54. The molecule has 2 aromatic rings. The van der Waals surface area contributed by atoms with Crippen molar-refractivity contribution in [2.45, 2.75) is 13.1 Å². The summed E-state index contributed by atoms with van der Waals surface area (Å²) in [5.74, 6) is 0.877. The Morgan fingerprint density at radius 3 is 2.74 bits per heavy atom. The van der Waals surface area contributed by atoms with Gasteiger partial charge >= 0.3 is 0 Å². The third-order valence-electron chi connectivity index (χ3n) is 3.01. The van der Waals surface area contributed by atoms with Crippen molar-refractivity contribution >= 4 is 5.69 Å². The van der Waals surface area contributed by atoms with Gasteiger partial charge in [-0.3, -0.25) is 4.98 Å². The van der Waals surface area contributed by atoms with Crippen LogP contribution in [0.25, 0.3) is 0 Å². The van der Waals surface area contributed by atoms with Crippen LogP contribution in [0.5, 0.6) is 5.75 Å². The van der Waals surface area contributed by atoms with E-state index in [1.54, 1.807) is 7.11 Å². The number of hydrogen-bond donors (Lipinski definition) is 1. The molecule has 100 valence electrons. The fourth-order valence-corrected chi connectivity index (χ4v) is 1.90. The molecule has 0 aliphatic heterocycles. The SMILES string of the molecule is COc1cccc(CN(C)c2ccc(CN)nc2)c1. The second-order valence-corrected chi connectivity index (χ2v) is 4.42. The van der Waals surface area contributed by atoms with Gasteiger partial charge in [0.15, 0.2) is 0 Å². The van der Waals surface area contributed by atoms with E-state index in [0.717, 1.165) is 23.7 Å². The number of ether oxygens (including phenoxy) is 1. The van der Waals surface area contributed by atoms with Gasteiger partial charge in [0.25, 0.3) is 0 Å². The van der Waals surface area contributed by atoms with Crippen LogP contribution in [0, 0.1) is 0 Å². The summed E-state index contributed by atoms with van der Waals surface area (Å²) >= 11 is 0. The lowest BCUT2D eigenvalue weighted by atomic mass is 10.2. The van der Waals surface area contributed by atoms with Crippen molar-refractivity contribution < 1.29 is 4.74 Å². The van der Waals surface area contributed by atoms with Gasteiger partial charge in [-0.05, 0) is 29.8 Å². The van der Waals surface area contributed by atoms with E-state index in [2.05, 4.69) is 16.0 Å². The first kappa shape index (κ1) is 13.4. The monoisotopic (exact) mass is 257 g/mol. The predicted molar refractivity (Wildman–Crippen MR) is 77.2 cm³/mol. The molecule has 0 amide bonds. The number of nitrogens with zero attached hydrogens (tertiary/aromatic N) is 2. The quantitative estimate of drug-likeness (QED) is 0.892. The molecule has 0 spiro atoms. The van der Waals surface area contributed by atoms with E-state index in [0.29, 0.717) is 6.54 Å². The van der Waals surface area contributed by atoms with Crippen LogP contribution in [-0.2, 0) is 13.1 Å². The van der Waals surface area contributed by atoms with Crippen molar-refractivity contribution in [3.05, 3.63) is 53.9 Å². The summed E-state index contributed by atoms with van der Waals surface area (Å²) < 4.78 is 5.23. The average molecular weight is 257 g/mol. The van der Waals surface area contributed by atoms with Crippen molar-refractivity contribution in [2.24, 2.45) is 5.73 Å². The summed E-state index contributed by atoms with van der Waals surface area (Å²) in [6, 6.07) is 12.1. The van der Waals surface area contributed by atoms with Crippen molar-refractivity contribution in [3.8, 4) is 5.75 Å². The summed E-state index contributed by atoms with van der Waals surface area (Å²) in [7, 11) is 3.72. The minimum atomic E-state index is 0.472. The summed E-state index contributed by atoms with van der Waals surface area (Å²) in [5.41, 5.74) is 8.71. The van der Waals surface area contributed by atoms with Gasteiger partial charge in [0.1, 0.15) is 5.75 Å². The van der Waals surface area contributed by atoms with Gasteiger partial charge in [-0.25, -0.2) is 0 Å². The zero-order valence-electron chi connectivity index (χ0n) is 11.3. The highest BCUT2D eigenvalue weighted by atomic mass is 16.5. The fraction of sp³-hybridized carbons (Fsp3) is 0.267. The maximum Gasteiger partial charge on any atom is 0.119 e. The number of rotatable bonds is 5. The Morgan fingerprint density at radius 2 is 2.11 bits per heavy atom. The highest BCUT2D eigenvalue weighted by Gasteiger charge is 2.04. The van der Waals surface area contributed by atoms with Gasteiger partial charge in [0.05, 0.1) is 24.7 Å². The molecule has 1 aromatic heterocycles. The van der Waals surface area contributed by atoms with E-state index in [4.69, 9.17) is 10.5 Å². The van der Waals surface area contributed by atoms with E-state index in [1.165, 1.54) is 5.56 Å². The molecule has 0 saturated carbocycles. The number of hydrogen-bond acceptors (Lipinski definition) is 4. The number of nitrogens with two attached hydrogens (primary N) is 1. The van der Waals surface area contributed by atoms with Crippen molar-refractivity contribution in [1.82, 2.24) is 4.98 Å². The summed E-state index contributed by atoms with van der Waals surface area (Å²) in [4.78, 5) is 6.44. The molecule has 1 aromatic carbocycles. The van der Waals surface area contributed by atoms with Gasteiger partial charge in [-0.15, -0.1) is 0 Å². The largest absolute Gasteiger partial charge is 0.497 e. The molecule has 4 nitrogen and oxygen atoms in total. The molecule has 0 aliphatic carbocycles. The molecule has 1 heterocycles. The highest BCUT2D eigenvalue weighted by molar-refractivity contribution is 5.45. The number of methoxy groups -OCH3 is 1. The molecule has 4 heteroatoms. The van der Waals surface area contributed by atoms with Crippen molar-refractivity contribution in [3.63, 3.8) is 0 Å². The molecule has 0 radical (unpaired) electrons. The van der Waals surface area contributed by atoms with Gasteiger partial charge < -0.3 is 15.4 Å². The Kier molecular flexibility index (Phi) is 4.36. The second kappa shape index (κ2) is 6.20. The molecular formula is C15H19N3O. The van der Waals surface area contributed by atoms with E-state index < -0.39 is 0 Å². The van der Waals surface area contributed by atoms with Gasteiger partial charge in [-0.1, -0.05) is 12.1 Å². The van der Waals surface area contributed by atoms with Crippen molar-refractivity contribution in [1.29, 1.82) is 0 Å². The van der Waals surface area contributed by atoms with Crippen LogP contribution in [0.15, 0.2) is 42.6 Å². The Morgan fingerprint density at radius 1 is 1.26 bits per heavy atom. The molecule has 2 rings (SSSR count). The van der Waals surface area contributed by atoms with Crippen LogP contribution in [0.3, 0.4) is 0 Å². The minimum absolute atomic E-state index is 0.472. The third kappa shape index (κ3) is 3.45. The second-order valence-electron chi connectivity index (χ2n) is 4.42. The molecule has 0 aliphatic rings. The Hall–Kier alpha value is -2.07. The molecule has 19 heavy (non-hydrogen) atoms. The molecule has 0 fully saturated rings. The lowest BCUT2D eigenvalue weighted by Crippen LogP contribution is -2.16. The molecular weight excluding hydrogens is 238 g/mol. The van der Waals surface area contributed by atoms with Gasteiger partial charge in [0, 0.05) is 20.1 Å². The first-order chi connectivity index (χ1) is 9.22. The number of pyridine rings is 1. The highest BCUT2D eigenvalue weighted by Crippen LogP contribution is 2.17. The zero-order chi connectivity index (χ0) is 13.7. The molecule has 0 bridgehead atoms. The lowest BCUT2D eigenvalue weighted by Gasteiger charge is -2.19. The molecule has 0 unspecified atom stereocenters. The molecule has 0 atom stereocenters.